The van der Waals surface area contributed by atoms with Gasteiger partial charge in [-0.25, -0.2) is 4.79 Å². The molecule has 2 aromatic rings. The third-order valence-electron chi connectivity index (χ3n) is 5.70. The number of likely N-dealkylation sites (tertiary alicyclic amines) is 1. The van der Waals surface area contributed by atoms with E-state index >= 15 is 0 Å². The van der Waals surface area contributed by atoms with E-state index in [9.17, 15) is 4.79 Å². The Morgan fingerprint density at radius 3 is 2.52 bits per heavy atom. The van der Waals surface area contributed by atoms with E-state index in [4.69, 9.17) is 11.6 Å². The summed E-state index contributed by atoms with van der Waals surface area (Å²) in [6, 6.07) is 8.14. The predicted octanol–water partition coefficient (Wildman–Crippen LogP) is 4.69. The number of carbonyl (C=O) groups is 1. The largest absolute Gasteiger partial charge is 0.335 e. The Kier molecular flexibility index (Phi) is 7.90. The maximum Gasteiger partial charge on any atom is 0.319 e. The predicted molar refractivity (Wildman–Crippen MR) is 120 cm³/mol. The highest BCUT2D eigenvalue weighted by molar-refractivity contribution is 6.31. The van der Waals surface area contributed by atoms with Crippen LogP contribution in [0, 0.1) is 0 Å². The van der Waals surface area contributed by atoms with Gasteiger partial charge in [0.15, 0.2) is 0 Å². The minimum absolute atomic E-state index is 0.132. The summed E-state index contributed by atoms with van der Waals surface area (Å²) < 4.78 is 0. The van der Waals surface area contributed by atoms with Gasteiger partial charge in [-0.2, -0.15) is 0 Å². The number of carbonyl (C=O) groups excluding carboxylic acids is 1. The number of amides is 2. The SMILES string of the molecule is CCc1ccc(Cl)c(CC)c1NC(=O)NC1CCN(CCc2ccncc2)CC1. The number of piperidine rings is 1. The van der Waals surface area contributed by atoms with Crippen LogP contribution in [0.25, 0.3) is 0 Å². The number of hydrogen-bond acceptors (Lipinski definition) is 3. The standard InChI is InChI=1S/C23H31ClN4O/c1-3-18-5-6-21(24)20(4-2)22(18)27-23(29)26-19-10-15-28(16-11-19)14-9-17-7-12-25-13-8-17/h5-8,12-13,19H,3-4,9-11,14-16H2,1-2H3,(H2,26,27,29). The van der Waals surface area contributed by atoms with Crippen molar-refractivity contribution < 1.29 is 4.79 Å². The molecule has 1 fully saturated rings. The lowest BCUT2D eigenvalue weighted by Gasteiger charge is -2.32. The number of aromatic nitrogens is 1. The van der Waals surface area contributed by atoms with Gasteiger partial charge in [-0.15, -0.1) is 0 Å². The Morgan fingerprint density at radius 2 is 1.86 bits per heavy atom. The van der Waals surface area contributed by atoms with Crippen LogP contribution in [0.4, 0.5) is 10.5 Å². The van der Waals surface area contributed by atoms with Crippen LogP contribution in [0.3, 0.4) is 0 Å². The van der Waals surface area contributed by atoms with E-state index in [1.54, 1.807) is 0 Å². The summed E-state index contributed by atoms with van der Waals surface area (Å²) in [6.45, 7) is 7.21. The van der Waals surface area contributed by atoms with Crippen molar-refractivity contribution in [2.24, 2.45) is 0 Å². The molecule has 0 radical (unpaired) electrons. The van der Waals surface area contributed by atoms with E-state index in [0.29, 0.717) is 5.02 Å². The number of pyridine rings is 1. The van der Waals surface area contributed by atoms with E-state index in [-0.39, 0.29) is 12.1 Å². The molecule has 1 aromatic carbocycles. The Balaban J connectivity index is 1.48. The van der Waals surface area contributed by atoms with Gasteiger partial charge in [0.1, 0.15) is 0 Å². The zero-order chi connectivity index (χ0) is 20.6. The molecule has 2 amide bonds. The molecule has 0 spiro atoms. The van der Waals surface area contributed by atoms with Crippen molar-refractivity contribution in [3.05, 3.63) is 58.4 Å². The maximum atomic E-state index is 12.6. The van der Waals surface area contributed by atoms with Gasteiger partial charge in [0.25, 0.3) is 0 Å². The number of rotatable bonds is 7. The summed E-state index contributed by atoms with van der Waals surface area (Å²) in [5.74, 6) is 0. The summed E-state index contributed by atoms with van der Waals surface area (Å²) >= 11 is 6.34. The topological polar surface area (TPSA) is 57.3 Å². The number of urea groups is 1. The fourth-order valence-electron chi connectivity index (χ4n) is 3.94. The molecule has 0 saturated carbocycles. The lowest BCUT2D eigenvalue weighted by Crippen LogP contribution is -2.46. The lowest BCUT2D eigenvalue weighted by atomic mass is 10.0. The molecule has 0 atom stereocenters. The van der Waals surface area contributed by atoms with Gasteiger partial charge in [-0.1, -0.05) is 31.5 Å². The summed E-state index contributed by atoms with van der Waals surface area (Å²) in [5, 5.41) is 6.94. The Hall–Kier alpha value is -2.11. The molecule has 5 nitrogen and oxygen atoms in total. The number of nitrogens with zero attached hydrogens (tertiary/aromatic N) is 2. The van der Waals surface area contributed by atoms with Crippen molar-refractivity contribution in [3.63, 3.8) is 0 Å². The highest BCUT2D eigenvalue weighted by Crippen LogP contribution is 2.29. The van der Waals surface area contributed by atoms with Crippen molar-refractivity contribution in [2.45, 2.75) is 52.0 Å². The van der Waals surface area contributed by atoms with Crippen LogP contribution >= 0.6 is 11.6 Å². The molecule has 6 heteroatoms. The first kappa shape index (κ1) is 21.6. The molecule has 1 aliphatic heterocycles. The molecular formula is C23H31ClN4O. The second kappa shape index (κ2) is 10.6. The van der Waals surface area contributed by atoms with Gasteiger partial charge in [0, 0.05) is 43.1 Å². The second-order valence-corrected chi connectivity index (χ2v) is 7.99. The van der Waals surface area contributed by atoms with Gasteiger partial charge in [-0.05, 0) is 67.0 Å². The van der Waals surface area contributed by atoms with Crippen molar-refractivity contribution in [3.8, 4) is 0 Å². The number of benzene rings is 1. The molecule has 0 unspecified atom stereocenters. The minimum atomic E-state index is -0.132. The molecule has 0 aliphatic carbocycles. The second-order valence-electron chi connectivity index (χ2n) is 7.59. The Morgan fingerprint density at radius 1 is 1.14 bits per heavy atom. The molecule has 2 N–H and O–H groups in total. The Bertz CT molecular complexity index is 804. The van der Waals surface area contributed by atoms with Crippen molar-refractivity contribution in [1.29, 1.82) is 0 Å². The average molecular weight is 415 g/mol. The molecule has 1 aromatic heterocycles. The van der Waals surface area contributed by atoms with Crippen molar-refractivity contribution in [1.82, 2.24) is 15.2 Å². The molecule has 29 heavy (non-hydrogen) atoms. The summed E-state index contributed by atoms with van der Waals surface area (Å²) in [6.07, 6.45) is 8.32. The highest BCUT2D eigenvalue weighted by Gasteiger charge is 2.21. The van der Waals surface area contributed by atoms with E-state index < -0.39 is 0 Å². The smallest absolute Gasteiger partial charge is 0.319 e. The van der Waals surface area contributed by atoms with Crippen LogP contribution in [-0.4, -0.2) is 41.6 Å². The average Bonchev–Trinajstić information content (AvgIpc) is 2.74. The Labute approximate surface area is 178 Å². The fourth-order valence-corrected chi connectivity index (χ4v) is 4.23. The van der Waals surface area contributed by atoms with Crippen molar-refractivity contribution in [2.75, 3.05) is 25.0 Å². The first-order chi connectivity index (χ1) is 14.1. The zero-order valence-corrected chi connectivity index (χ0v) is 18.1. The summed E-state index contributed by atoms with van der Waals surface area (Å²) in [7, 11) is 0. The fraction of sp³-hybridized carbons (Fsp3) is 0.478. The molecule has 156 valence electrons. The van der Waals surface area contributed by atoms with E-state index in [0.717, 1.165) is 68.6 Å². The number of halogens is 1. The van der Waals surface area contributed by atoms with E-state index in [1.165, 1.54) is 5.56 Å². The zero-order valence-electron chi connectivity index (χ0n) is 17.4. The maximum absolute atomic E-state index is 12.6. The van der Waals surface area contributed by atoms with Gasteiger partial charge in [0.2, 0.25) is 0 Å². The van der Waals surface area contributed by atoms with Crippen LogP contribution < -0.4 is 10.6 Å². The van der Waals surface area contributed by atoms with Crippen LogP contribution in [0.5, 0.6) is 0 Å². The van der Waals surface area contributed by atoms with Crippen LogP contribution in [0.1, 0.15) is 43.4 Å². The quantitative estimate of drug-likeness (QED) is 0.691. The highest BCUT2D eigenvalue weighted by atomic mass is 35.5. The van der Waals surface area contributed by atoms with Crippen molar-refractivity contribution >= 4 is 23.3 Å². The molecule has 3 rings (SSSR count). The summed E-state index contributed by atoms with van der Waals surface area (Å²) in [4.78, 5) is 19.2. The monoisotopic (exact) mass is 414 g/mol. The molecular weight excluding hydrogens is 384 g/mol. The van der Waals surface area contributed by atoms with Gasteiger partial charge in [-0.3, -0.25) is 4.98 Å². The van der Waals surface area contributed by atoms with Gasteiger partial charge >= 0.3 is 6.03 Å². The molecule has 2 heterocycles. The van der Waals surface area contributed by atoms with E-state index in [2.05, 4.69) is 46.5 Å². The van der Waals surface area contributed by atoms with Gasteiger partial charge < -0.3 is 15.5 Å². The number of nitrogens with one attached hydrogen (secondary N) is 2. The summed E-state index contributed by atoms with van der Waals surface area (Å²) in [5.41, 5.74) is 4.31. The third-order valence-corrected chi connectivity index (χ3v) is 6.06. The number of anilines is 1. The van der Waals surface area contributed by atoms with Crippen LogP contribution in [0.2, 0.25) is 5.02 Å². The molecule has 1 saturated heterocycles. The molecule has 1 aliphatic rings. The first-order valence-electron chi connectivity index (χ1n) is 10.6. The number of hydrogen-bond donors (Lipinski definition) is 2. The third kappa shape index (κ3) is 5.94. The van der Waals surface area contributed by atoms with Crippen LogP contribution in [0.15, 0.2) is 36.7 Å². The molecule has 0 bridgehead atoms. The minimum Gasteiger partial charge on any atom is -0.335 e. The lowest BCUT2D eigenvalue weighted by molar-refractivity contribution is 0.197. The van der Waals surface area contributed by atoms with Gasteiger partial charge in [0.05, 0.1) is 5.69 Å². The first-order valence-corrected chi connectivity index (χ1v) is 11.0. The van der Waals surface area contributed by atoms with E-state index in [1.807, 2.05) is 24.5 Å². The van der Waals surface area contributed by atoms with Crippen LogP contribution in [-0.2, 0) is 19.3 Å². The normalized spacial score (nSPS) is 15.3. The number of aryl methyl sites for hydroxylation is 1.